The summed E-state index contributed by atoms with van der Waals surface area (Å²) in [5, 5.41) is 0. The zero-order valence-electron chi connectivity index (χ0n) is 24.5. The molecule has 0 amide bonds. The van der Waals surface area contributed by atoms with Gasteiger partial charge in [-0.25, -0.2) is 0 Å². The maximum atomic E-state index is 6.03. The molecule has 4 rings (SSSR count). The first-order valence-electron chi connectivity index (χ1n) is 16.2. The Morgan fingerprint density at radius 2 is 1.16 bits per heavy atom. The van der Waals surface area contributed by atoms with E-state index in [1.54, 1.807) is 0 Å². The second kappa shape index (κ2) is 16.2. The maximum absolute atomic E-state index is 6.03. The third-order valence-corrected chi connectivity index (χ3v) is 9.49. The van der Waals surface area contributed by atoms with E-state index in [0.717, 1.165) is 29.4 Å². The summed E-state index contributed by atoms with van der Waals surface area (Å²) >= 11 is 0. The molecule has 0 atom stereocenters. The van der Waals surface area contributed by atoms with Crippen LogP contribution in [0.4, 0.5) is 0 Å². The summed E-state index contributed by atoms with van der Waals surface area (Å²) in [4.78, 5) is 0. The first-order valence-corrected chi connectivity index (χ1v) is 16.2. The van der Waals surface area contributed by atoms with Crippen LogP contribution in [0, 0.1) is 17.8 Å². The second-order valence-corrected chi connectivity index (χ2v) is 12.4. The topological polar surface area (TPSA) is 9.23 Å². The standard InChI is InChI=1S/C37H54O/c1-3-5-7-10-30-13-15-32(16-14-30)12-9-29-38-37-27-25-36(26-28-37)35-23-21-34(22-24-35)33-19-17-31(18-20-33)11-8-6-4-2/h9,12,21-28,30-33H,3-8,10-11,13-20,29H2,1-2H3/b12-9+. The monoisotopic (exact) mass is 514 g/mol. The zero-order chi connectivity index (χ0) is 26.4. The summed E-state index contributed by atoms with van der Waals surface area (Å²) < 4.78 is 6.03. The third-order valence-electron chi connectivity index (χ3n) is 9.49. The minimum absolute atomic E-state index is 0.672. The van der Waals surface area contributed by atoms with Gasteiger partial charge in [0, 0.05) is 0 Å². The maximum Gasteiger partial charge on any atom is 0.119 e. The minimum atomic E-state index is 0.672. The lowest BCUT2D eigenvalue weighted by molar-refractivity contribution is 0.288. The van der Waals surface area contributed by atoms with Gasteiger partial charge in [0.05, 0.1) is 0 Å². The summed E-state index contributed by atoms with van der Waals surface area (Å²) in [7, 11) is 0. The normalized spacial score (nSPS) is 24.1. The van der Waals surface area contributed by atoms with Gasteiger partial charge in [0.1, 0.15) is 12.4 Å². The van der Waals surface area contributed by atoms with Gasteiger partial charge in [0.15, 0.2) is 0 Å². The van der Waals surface area contributed by atoms with Crippen LogP contribution < -0.4 is 4.74 Å². The van der Waals surface area contributed by atoms with Gasteiger partial charge in [0.25, 0.3) is 0 Å². The first kappa shape index (κ1) is 29.0. The van der Waals surface area contributed by atoms with Crippen LogP contribution in [-0.2, 0) is 0 Å². The zero-order valence-corrected chi connectivity index (χ0v) is 24.5. The van der Waals surface area contributed by atoms with Crippen molar-refractivity contribution in [2.24, 2.45) is 17.8 Å². The molecule has 1 heteroatoms. The van der Waals surface area contributed by atoms with Gasteiger partial charge in [-0.15, -0.1) is 0 Å². The quantitative estimate of drug-likeness (QED) is 0.180. The SMILES string of the molecule is CCCCCC1CCC(/C=C/COc2ccc(-c3ccc(C4CCC(CCCCC)CC4)cc3)cc2)CC1. The molecule has 2 aromatic carbocycles. The summed E-state index contributed by atoms with van der Waals surface area (Å²) in [6, 6.07) is 18.1. The van der Waals surface area contributed by atoms with Crippen molar-refractivity contribution in [2.45, 2.75) is 122 Å². The van der Waals surface area contributed by atoms with Crippen LogP contribution in [0.25, 0.3) is 11.1 Å². The lowest BCUT2D eigenvalue weighted by Gasteiger charge is -2.29. The fourth-order valence-electron chi connectivity index (χ4n) is 6.90. The van der Waals surface area contributed by atoms with Gasteiger partial charge < -0.3 is 4.74 Å². The molecule has 0 saturated heterocycles. The summed E-state index contributed by atoms with van der Waals surface area (Å²) in [5.41, 5.74) is 4.12. The van der Waals surface area contributed by atoms with Crippen LogP contribution in [0.1, 0.15) is 128 Å². The number of ether oxygens (including phenoxy) is 1. The fourth-order valence-corrected chi connectivity index (χ4v) is 6.90. The van der Waals surface area contributed by atoms with Crippen molar-refractivity contribution < 1.29 is 4.74 Å². The molecule has 0 aromatic heterocycles. The highest BCUT2D eigenvalue weighted by molar-refractivity contribution is 5.64. The molecule has 0 N–H and O–H groups in total. The van der Waals surface area contributed by atoms with E-state index in [0.29, 0.717) is 6.61 Å². The average Bonchev–Trinajstić information content (AvgIpc) is 2.97. The Labute approximate surface area is 234 Å². The molecule has 2 aromatic rings. The van der Waals surface area contributed by atoms with Crippen LogP contribution in [-0.4, -0.2) is 6.61 Å². The predicted molar refractivity (Wildman–Crippen MR) is 165 cm³/mol. The number of benzene rings is 2. The first-order chi connectivity index (χ1) is 18.7. The summed E-state index contributed by atoms with van der Waals surface area (Å²) in [5.74, 6) is 4.44. The highest BCUT2D eigenvalue weighted by atomic mass is 16.5. The molecule has 2 saturated carbocycles. The highest BCUT2D eigenvalue weighted by Gasteiger charge is 2.22. The number of rotatable bonds is 14. The Bertz CT molecular complexity index is 908. The molecule has 2 aliphatic carbocycles. The Hall–Kier alpha value is -2.02. The van der Waals surface area contributed by atoms with Crippen LogP contribution >= 0.6 is 0 Å². The van der Waals surface area contributed by atoms with Gasteiger partial charge >= 0.3 is 0 Å². The molecule has 0 radical (unpaired) electrons. The van der Waals surface area contributed by atoms with E-state index < -0.39 is 0 Å². The predicted octanol–water partition coefficient (Wildman–Crippen LogP) is 11.5. The smallest absolute Gasteiger partial charge is 0.119 e. The Kier molecular flexibility index (Phi) is 12.3. The highest BCUT2D eigenvalue weighted by Crippen LogP contribution is 2.38. The number of hydrogen-bond donors (Lipinski definition) is 0. The van der Waals surface area contributed by atoms with E-state index in [9.17, 15) is 0 Å². The van der Waals surface area contributed by atoms with E-state index in [1.807, 2.05) is 0 Å². The van der Waals surface area contributed by atoms with Gasteiger partial charge in [-0.3, -0.25) is 0 Å². The summed E-state index contributed by atoms with van der Waals surface area (Å²) in [6.45, 7) is 5.28. The van der Waals surface area contributed by atoms with E-state index in [1.165, 1.54) is 119 Å². The Balaban J connectivity index is 1.16. The molecule has 2 fully saturated rings. The van der Waals surface area contributed by atoms with Gasteiger partial charge in [-0.05, 0) is 104 Å². The average molecular weight is 515 g/mol. The van der Waals surface area contributed by atoms with E-state index in [-0.39, 0.29) is 0 Å². The van der Waals surface area contributed by atoms with Gasteiger partial charge in [-0.2, -0.15) is 0 Å². The minimum Gasteiger partial charge on any atom is -0.490 e. The van der Waals surface area contributed by atoms with Crippen LogP contribution in [0.5, 0.6) is 5.75 Å². The van der Waals surface area contributed by atoms with E-state index in [2.05, 4.69) is 74.5 Å². The van der Waals surface area contributed by atoms with Crippen molar-refractivity contribution in [2.75, 3.05) is 6.61 Å². The Morgan fingerprint density at radius 1 is 0.632 bits per heavy atom. The fraction of sp³-hybridized carbons (Fsp3) is 0.622. The van der Waals surface area contributed by atoms with Gasteiger partial charge in [0.2, 0.25) is 0 Å². The molecule has 1 nitrogen and oxygen atoms in total. The molecule has 208 valence electrons. The molecule has 0 aliphatic heterocycles. The van der Waals surface area contributed by atoms with Crippen molar-refractivity contribution in [1.29, 1.82) is 0 Å². The molecular formula is C37H54O. The molecule has 38 heavy (non-hydrogen) atoms. The molecule has 0 unspecified atom stereocenters. The van der Waals surface area contributed by atoms with Crippen LogP contribution in [0.3, 0.4) is 0 Å². The third kappa shape index (κ3) is 9.32. The second-order valence-electron chi connectivity index (χ2n) is 12.4. The van der Waals surface area contributed by atoms with E-state index >= 15 is 0 Å². The van der Waals surface area contributed by atoms with Crippen molar-refractivity contribution in [1.82, 2.24) is 0 Å². The van der Waals surface area contributed by atoms with Crippen LogP contribution in [0.15, 0.2) is 60.7 Å². The van der Waals surface area contributed by atoms with Crippen LogP contribution in [0.2, 0.25) is 0 Å². The van der Waals surface area contributed by atoms with Gasteiger partial charge in [-0.1, -0.05) is 114 Å². The van der Waals surface area contributed by atoms with Crippen molar-refractivity contribution >= 4 is 0 Å². The number of unbranched alkanes of at least 4 members (excludes halogenated alkanes) is 4. The number of hydrogen-bond acceptors (Lipinski definition) is 1. The molecule has 0 spiro atoms. The molecular weight excluding hydrogens is 460 g/mol. The Morgan fingerprint density at radius 3 is 1.71 bits per heavy atom. The van der Waals surface area contributed by atoms with E-state index in [4.69, 9.17) is 4.74 Å². The lowest BCUT2D eigenvalue weighted by atomic mass is 9.77. The largest absolute Gasteiger partial charge is 0.490 e. The molecule has 0 heterocycles. The molecule has 0 bridgehead atoms. The van der Waals surface area contributed by atoms with Crippen molar-refractivity contribution in [3.63, 3.8) is 0 Å². The molecule has 2 aliphatic rings. The number of allylic oxidation sites excluding steroid dienone is 1. The summed E-state index contributed by atoms with van der Waals surface area (Å²) in [6.07, 6.45) is 27.1. The van der Waals surface area contributed by atoms with Crippen molar-refractivity contribution in [3.8, 4) is 16.9 Å². The lowest BCUT2D eigenvalue weighted by Crippen LogP contribution is -2.13. The van der Waals surface area contributed by atoms with Crippen molar-refractivity contribution in [3.05, 3.63) is 66.2 Å².